The maximum atomic E-state index is 10.8. The Kier molecular flexibility index (Phi) is 2.15. The van der Waals surface area contributed by atoms with Crippen LogP contribution in [0.15, 0.2) is 0 Å². The van der Waals surface area contributed by atoms with Crippen LogP contribution in [0.3, 0.4) is 0 Å². The van der Waals surface area contributed by atoms with E-state index in [9.17, 15) is 4.79 Å². The Morgan fingerprint density at radius 3 is 2.17 bits per heavy atom. The van der Waals surface area contributed by atoms with Gasteiger partial charge in [-0.15, -0.1) is 0 Å². The van der Waals surface area contributed by atoms with Gasteiger partial charge in [0.05, 0.1) is 0 Å². The van der Waals surface area contributed by atoms with Gasteiger partial charge in [-0.1, -0.05) is 6.42 Å². The molecule has 0 aromatic heterocycles. The molecule has 2 aliphatic rings. The van der Waals surface area contributed by atoms with E-state index >= 15 is 0 Å². The van der Waals surface area contributed by atoms with E-state index in [0.717, 1.165) is 25.7 Å². The standard InChI is InChI=1S/C9H14O3/c10-8-6-11-9(12-7-8)4-2-1-3-5-9/h1-7H2. The highest BCUT2D eigenvalue weighted by Gasteiger charge is 2.37. The molecule has 1 spiro atoms. The van der Waals surface area contributed by atoms with Crippen molar-refractivity contribution in [3.63, 3.8) is 0 Å². The lowest BCUT2D eigenvalue weighted by atomic mass is 9.93. The van der Waals surface area contributed by atoms with Crippen LogP contribution in [0.25, 0.3) is 0 Å². The van der Waals surface area contributed by atoms with Crippen LogP contribution >= 0.6 is 0 Å². The number of hydrogen-bond acceptors (Lipinski definition) is 3. The van der Waals surface area contributed by atoms with Crippen molar-refractivity contribution in [3.8, 4) is 0 Å². The second-order valence-corrected chi connectivity index (χ2v) is 3.59. The molecule has 1 saturated heterocycles. The van der Waals surface area contributed by atoms with Gasteiger partial charge in [0.1, 0.15) is 13.2 Å². The fourth-order valence-electron chi connectivity index (χ4n) is 1.89. The third-order valence-electron chi connectivity index (χ3n) is 2.61. The molecule has 12 heavy (non-hydrogen) atoms. The Labute approximate surface area is 72.0 Å². The van der Waals surface area contributed by atoms with Gasteiger partial charge < -0.3 is 9.47 Å². The molecule has 0 aromatic carbocycles. The van der Waals surface area contributed by atoms with Gasteiger partial charge in [0.15, 0.2) is 11.6 Å². The summed E-state index contributed by atoms with van der Waals surface area (Å²) in [6.07, 6.45) is 5.51. The lowest BCUT2D eigenvalue weighted by molar-refractivity contribution is -0.267. The molecule has 3 nitrogen and oxygen atoms in total. The monoisotopic (exact) mass is 170 g/mol. The molecule has 0 unspecified atom stereocenters. The first kappa shape index (κ1) is 8.20. The van der Waals surface area contributed by atoms with Crippen molar-refractivity contribution in [2.24, 2.45) is 0 Å². The molecule has 0 atom stereocenters. The lowest BCUT2D eigenvalue weighted by Crippen LogP contribution is -2.45. The smallest absolute Gasteiger partial charge is 0.184 e. The second kappa shape index (κ2) is 3.15. The van der Waals surface area contributed by atoms with Crippen LogP contribution in [-0.2, 0) is 14.3 Å². The number of rotatable bonds is 0. The summed E-state index contributed by atoms with van der Waals surface area (Å²) < 4.78 is 10.9. The van der Waals surface area contributed by atoms with Crippen molar-refractivity contribution >= 4 is 5.78 Å². The van der Waals surface area contributed by atoms with E-state index in [1.54, 1.807) is 0 Å². The van der Waals surface area contributed by atoms with Crippen molar-refractivity contribution in [2.75, 3.05) is 13.2 Å². The van der Waals surface area contributed by atoms with Crippen LogP contribution in [0, 0.1) is 0 Å². The summed E-state index contributed by atoms with van der Waals surface area (Å²) in [7, 11) is 0. The van der Waals surface area contributed by atoms with Crippen LogP contribution < -0.4 is 0 Å². The highest BCUT2D eigenvalue weighted by Crippen LogP contribution is 2.34. The molecular formula is C9H14O3. The molecule has 2 fully saturated rings. The summed E-state index contributed by atoms with van der Waals surface area (Å²) >= 11 is 0. The Hall–Kier alpha value is -0.410. The van der Waals surface area contributed by atoms with Crippen molar-refractivity contribution < 1.29 is 14.3 Å². The molecule has 68 valence electrons. The van der Waals surface area contributed by atoms with Crippen LogP contribution in [-0.4, -0.2) is 24.8 Å². The predicted molar refractivity (Wildman–Crippen MR) is 42.7 cm³/mol. The second-order valence-electron chi connectivity index (χ2n) is 3.59. The molecule has 0 radical (unpaired) electrons. The van der Waals surface area contributed by atoms with Gasteiger partial charge in [0.25, 0.3) is 0 Å². The number of carbonyl (C=O) groups is 1. The van der Waals surface area contributed by atoms with Gasteiger partial charge >= 0.3 is 0 Å². The van der Waals surface area contributed by atoms with E-state index in [4.69, 9.17) is 9.47 Å². The molecule has 2 rings (SSSR count). The van der Waals surface area contributed by atoms with Gasteiger partial charge in [0, 0.05) is 12.8 Å². The van der Waals surface area contributed by atoms with E-state index in [0.29, 0.717) is 0 Å². The number of carbonyl (C=O) groups excluding carboxylic acids is 1. The minimum absolute atomic E-state index is 0.0613. The van der Waals surface area contributed by atoms with E-state index < -0.39 is 0 Å². The van der Waals surface area contributed by atoms with Gasteiger partial charge in [-0.25, -0.2) is 0 Å². The SMILES string of the molecule is O=C1COC2(CCCCC2)OC1. The van der Waals surface area contributed by atoms with E-state index in [1.807, 2.05) is 0 Å². The van der Waals surface area contributed by atoms with Crippen LogP contribution in [0.2, 0.25) is 0 Å². The topological polar surface area (TPSA) is 35.5 Å². The first-order valence-corrected chi connectivity index (χ1v) is 4.60. The van der Waals surface area contributed by atoms with E-state index in [1.165, 1.54) is 6.42 Å². The Morgan fingerprint density at radius 1 is 1.00 bits per heavy atom. The third kappa shape index (κ3) is 1.52. The highest BCUT2D eigenvalue weighted by molar-refractivity contribution is 5.81. The normalized spacial score (nSPS) is 29.2. The lowest BCUT2D eigenvalue weighted by Gasteiger charge is -2.39. The molecule has 1 aliphatic heterocycles. The Balaban J connectivity index is 1.96. The zero-order valence-corrected chi connectivity index (χ0v) is 7.17. The van der Waals surface area contributed by atoms with Gasteiger partial charge in [0.2, 0.25) is 0 Å². The molecule has 0 N–H and O–H groups in total. The minimum atomic E-state index is -0.383. The van der Waals surface area contributed by atoms with Crippen LogP contribution in [0.1, 0.15) is 32.1 Å². The summed E-state index contributed by atoms with van der Waals surface area (Å²) in [5, 5.41) is 0. The van der Waals surface area contributed by atoms with E-state index in [-0.39, 0.29) is 24.8 Å². The fourth-order valence-corrected chi connectivity index (χ4v) is 1.89. The van der Waals surface area contributed by atoms with Gasteiger partial charge in [-0.3, -0.25) is 4.79 Å². The third-order valence-corrected chi connectivity index (χ3v) is 2.61. The summed E-state index contributed by atoms with van der Waals surface area (Å²) in [4.78, 5) is 10.8. The minimum Gasteiger partial charge on any atom is -0.342 e. The van der Waals surface area contributed by atoms with Crippen molar-refractivity contribution in [3.05, 3.63) is 0 Å². The van der Waals surface area contributed by atoms with Crippen molar-refractivity contribution in [1.29, 1.82) is 0 Å². The first-order chi connectivity index (χ1) is 5.81. The summed E-state index contributed by atoms with van der Waals surface area (Å²) in [6, 6.07) is 0. The molecular weight excluding hydrogens is 156 g/mol. The average Bonchev–Trinajstić information content (AvgIpc) is 2.13. The highest BCUT2D eigenvalue weighted by atomic mass is 16.7. The summed E-state index contributed by atoms with van der Waals surface area (Å²) in [6.45, 7) is 0.500. The number of hydrogen-bond donors (Lipinski definition) is 0. The number of ketones is 1. The molecule has 0 bridgehead atoms. The fraction of sp³-hybridized carbons (Fsp3) is 0.889. The molecule has 1 heterocycles. The maximum Gasteiger partial charge on any atom is 0.184 e. The summed E-state index contributed by atoms with van der Waals surface area (Å²) in [5.41, 5.74) is 0. The zero-order valence-electron chi connectivity index (χ0n) is 7.17. The van der Waals surface area contributed by atoms with Crippen molar-refractivity contribution in [2.45, 2.75) is 37.9 Å². The largest absolute Gasteiger partial charge is 0.342 e. The molecule has 0 aromatic rings. The summed E-state index contributed by atoms with van der Waals surface area (Å²) in [5.74, 6) is -0.321. The average molecular weight is 170 g/mol. The maximum absolute atomic E-state index is 10.8. The predicted octanol–water partition coefficient (Wildman–Crippen LogP) is 1.26. The number of Topliss-reactive ketones (excluding diaryl/α,β-unsaturated/α-hetero) is 1. The molecule has 1 aliphatic carbocycles. The Bertz CT molecular complexity index is 170. The van der Waals surface area contributed by atoms with Gasteiger partial charge in [-0.05, 0) is 12.8 Å². The van der Waals surface area contributed by atoms with Crippen LogP contribution in [0.5, 0.6) is 0 Å². The molecule has 3 heteroatoms. The van der Waals surface area contributed by atoms with Crippen LogP contribution in [0.4, 0.5) is 0 Å². The number of ether oxygens (including phenoxy) is 2. The van der Waals surface area contributed by atoms with Gasteiger partial charge in [-0.2, -0.15) is 0 Å². The van der Waals surface area contributed by atoms with E-state index in [2.05, 4.69) is 0 Å². The molecule has 1 saturated carbocycles. The van der Waals surface area contributed by atoms with Crippen molar-refractivity contribution in [1.82, 2.24) is 0 Å². The zero-order chi connectivity index (χ0) is 8.44. The quantitative estimate of drug-likeness (QED) is 0.549. The Morgan fingerprint density at radius 2 is 1.58 bits per heavy atom. The first-order valence-electron chi connectivity index (χ1n) is 4.60. The molecule has 0 amide bonds.